The van der Waals surface area contributed by atoms with Crippen LogP contribution in [0.15, 0.2) is 267 Å². The smallest absolute Gasteiger partial charge is 0.252 e. The first-order chi connectivity index (χ1) is 62.9. The van der Waals surface area contributed by atoms with E-state index in [0.717, 1.165) is 22.3 Å². The lowest BCUT2D eigenvalue weighted by molar-refractivity contribution is 0.411. The van der Waals surface area contributed by atoms with E-state index in [4.69, 9.17) is 0 Å². The summed E-state index contributed by atoms with van der Waals surface area (Å²) in [7, 11) is 0. The maximum Gasteiger partial charge on any atom is 0.252 e. The van der Waals surface area contributed by atoms with E-state index in [9.17, 15) is 30.2 Å². The van der Waals surface area contributed by atoms with Crippen LogP contribution in [0.3, 0.4) is 0 Å². The topological polar surface area (TPSA) is 16.3 Å². The molecule has 0 unspecified atom stereocenters. The Morgan fingerprint density at radius 3 is 0.886 bits per heavy atom. The molecule has 572 valence electrons. The molecule has 4 nitrogen and oxygen atoms in total. The summed E-state index contributed by atoms with van der Waals surface area (Å²) >= 11 is 0. The molecule has 2 aliphatic heterocycles. The zero-order valence-corrected chi connectivity index (χ0v) is 69.5. The summed E-state index contributed by atoms with van der Waals surface area (Å²) in [5.41, 5.74) is 7.70. The van der Waals surface area contributed by atoms with Gasteiger partial charge >= 0.3 is 0 Å². The average Bonchev–Trinajstić information content (AvgIpc) is 1.16. The van der Waals surface area contributed by atoms with Gasteiger partial charge in [0, 0.05) is 75.0 Å². The Labute approximate surface area is 710 Å². The molecule has 2 aliphatic rings. The minimum absolute atomic E-state index is 0.149. The fourth-order valence-electron chi connectivity index (χ4n) is 16.7. The molecule has 5 heteroatoms. The van der Waals surface area contributed by atoms with Crippen LogP contribution in [-0.2, 0) is 40.8 Å². The van der Waals surface area contributed by atoms with Crippen LogP contribution < -0.4 is 26.2 Å². The maximum absolute atomic E-state index is 11.1. The average molecular weight is 1510 g/mol. The second-order valence-electron chi connectivity index (χ2n) is 38.4. The highest BCUT2D eigenvalue weighted by Crippen LogP contribution is 2.54. The van der Waals surface area contributed by atoms with Gasteiger partial charge in [-0.05, 0) is 231 Å². The van der Waals surface area contributed by atoms with E-state index in [2.05, 4.69) is 141 Å². The van der Waals surface area contributed by atoms with E-state index in [0.29, 0.717) is 106 Å². The molecule has 114 heavy (non-hydrogen) atoms. The van der Waals surface area contributed by atoms with Gasteiger partial charge in [-0.25, -0.2) is 0 Å². The lowest BCUT2D eigenvalue weighted by Crippen LogP contribution is -2.61. The SMILES string of the molecule is [2H]c1c([2H])c([2H])c2c(c1[2H])c1c([2H])c([2H])c([2H])c([2H])c1n2-c1ccc2c(c1)N(c1cc(-c3cccc(C(C)(C)C)c3)c(C([2H])([2H])C(C)(C)C)cc1-c1cccc(C(C)(C)C)c1)c1cc(C([2H])([2H])C(C)(C)C)cc3c1B2c1ccc(-n2c4c([2H])c([2H])c([2H])c([2H])c4c4c([2H])c([2H])c([2H])c([2H])c42)cc1N3c1cc(-c2cccc(C(C)(C)C)c2)c(C([2H])([2H])C(C)(C)C)cc1-c1cccc(C(C)(C)C)c1. The van der Waals surface area contributed by atoms with Gasteiger partial charge in [-0.3, -0.25) is 0 Å². The number of benzene rings is 13. The van der Waals surface area contributed by atoms with Crippen LogP contribution in [0.2, 0.25) is 0 Å². The Morgan fingerprint density at radius 2 is 0.588 bits per heavy atom. The minimum Gasteiger partial charge on any atom is -0.311 e. The number of para-hydroxylation sites is 4. The van der Waals surface area contributed by atoms with Crippen molar-refractivity contribution in [3.8, 4) is 55.9 Å². The zero-order chi connectivity index (χ0) is 99.6. The summed E-state index contributed by atoms with van der Waals surface area (Å²) in [4.78, 5) is 4.16. The van der Waals surface area contributed by atoms with Gasteiger partial charge in [-0.1, -0.05) is 327 Å². The second kappa shape index (κ2) is 27.4. The van der Waals surface area contributed by atoms with Crippen molar-refractivity contribution < 1.29 is 30.2 Å². The number of hydrogen-bond acceptors (Lipinski definition) is 2. The van der Waals surface area contributed by atoms with Gasteiger partial charge in [0.2, 0.25) is 0 Å². The van der Waals surface area contributed by atoms with Crippen molar-refractivity contribution in [2.45, 2.75) is 186 Å². The number of fused-ring (bicyclic) bond motifs is 10. The Balaban J connectivity index is 1.16. The van der Waals surface area contributed by atoms with Gasteiger partial charge in [0.05, 0.1) is 55.4 Å². The zero-order valence-electron chi connectivity index (χ0n) is 91.5. The first kappa shape index (κ1) is 54.0. The predicted molar refractivity (Wildman–Crippen MR) is 495 cm³/mol. The fourth-order valence-corrected chi connectivity index (χ4v) is 16.7. The largest absolute Gasteiger partial charge is 0.311 e. The summed E-state index contributed by atoms with van der Waals surface area (Å²) in [5.74, 6) is 0. The summed E-state index contributed by atoms with van der Waals surface area (Å²) in [5, 5.41) is -0.659. The quantitative estimate of drug-likeness (QED) is 0.120. The monoisotopic (exact) mass is 1510 g/mol. The fraction of sp³-hybridized carbons (Fsp3) is 0.284. The van der Waals surface area contributed by atoms with E-state index in [1.807, 2.05) is 172 Å². The predicted octanol–water partition coefficient (Wildman–Crippen LogP) is 28.6. The summed E-state index contributed by atoms with van der Waals surface area (Å²) in [6.07, 6.45) is -6.61. The minimum atomic E-state index is -2.34. The molecule has 17 rings (SSSR count). The summed E-state index contributed by atoms with van der Waals surface area (Å²) in [6.45, 7) is 41.1. The van der Waals surface area contributed by atoms with Crippen molar-refractivity contribution in [1.82, 2.24) is 9.13 Å². The Morgan fingerprint density at radius 1 is 0.289 bits per heavy atom. The molecule has 0 saturated carbocycles. The third-order valence-corrected chi connectivity index (χ3v) is 22.1. The van der Waals surface area contributed by atoms with Gasteiger partial charge in [0.1, 0.15) is 0 Å². The van der Waals surface area contributed by atoms with E-state index in [1.54, 1.807) is 12.1 Å². The highest BCUT2D eigenvalue weighted by molar-refractivity contribution is 7.00. The third-order valence-electron chi connectivity index (χ3n) is 22.1. The summed E-state index contributed by atoms with van der Waals surface area (Å²) in [6, 6.07) is 45.7. The van der Waals surface area contributed by atoms with Crippen LogP contribution in [0.4, 0.5) is 34.1 Å². The molecular weight excluding hydrogens is 1380 g/mol. The lowest BCUT2D eigenvalue weighted by atomic mass is 9.33. The van der Waals surface area contributed by atoms with E-state index >= 15 is 0 Å². The molecule has 0 fully saturated rings. The Kier molecular flexibility index (Phi) is 13.0. The highest BCUT2D eigenvalue weighted by Gasteiger charge is 2.46. The van der Waals surface area contributed by atoms with Gasteiger partial charge in [0.25, 0.3) is 6.71 Å². The molecule has 0 atom stereocenters. The standard InChI is InChI=1S/C109H113BN4/c1-103(2,3)66-69-54-100-102-101(55-69)114(97-65-87(71-35-31-39-77(57-71)107(13,14)15)75(68-105(7,8)9)61-89(97)73-37-33-41-79(59-73)109(19,20)21)99-63-81(112-94-48-28-24-44-84(94)85-45-25-29-49-95(85)112)51-53-91(99)110(102)90-52-50-80(111-92-46-26-22-42-82(92)83-43-23-27-47-93(83)111)62-98(90)113(100)96-64-86(70-34-30-38-76(56-70)106(10,11)12)74(67-104(4,5)6)60-88(96)72-36-32-40-78(58-72)108(16,17)18/h22-65H,66-68H2,1-21H3/i22D,23D,24D,25D,26D,27D,28D,29D,42D,43D,44D,45D,46D,47D,48D,49D,66D2,67D2,68D2. The molecular formula is C109H113BN4. The van der Waals surface area contributed by atoms with Crippen LogP contribution in [0.5, 0.6) is 0 Å². The lowest BCUT2D eigenvalue weighted by Gasteiger charge is -2.46. The number of nitrogens with zero attached hydrogens (tertiary/aromatic N) is 4. The van der Waals surface area contributed by atoms with Gasteiger partial charge in [-0.2, -0.15) is 0 Å². The van der Waals surface area contributed by atoms with E-state index in [-0.39, 0.29) is 60.5 Å². The molecule has 0 radical (unpaired) electrons. The number of hydrogen-bond donors (Lipinski definition) is 0. The van der Waals surface area contributed by atoms with Crippen LogP contribution in [-0.4, -0.2) is 15.8 Å². The van der Waals surface area contributed by atoms with Crippen molar-refractivity contribution in [2.24, 2.45) is 16.2 Å². The number of rotatable bonds is 11. The first-order valence-electron chi connectivity index (χ1n) is 50.8. The molecule has 15 aromatic rings. The molecule has 0 spiro atoms. The van der Waals surface area contributed by atoms with E-state index < -0.39 is 160 Å². The van der Waals surface area contributed by atoms with Crippen LogP contribution in [0.1, 0.15) is 214 Å². The molecule has 0 saturated heterocycles. The second-order valence-corrected chi connectivity index (χ2v) is 38.4. The molecule has 0 bridgehead atoms. The molecule has 0 aliphatic carbocycles. The van der Waals surface area contributed by atoms with Gasteiger partial charge < -0.3 is 18.9 Å². The molecule has 4 heterocycles. The van der Waals surface area contributed by atoms with Crippen molar-refractivity contribution in [2.75, 3.05) is 9.80 Å². The molecule has 0 amide bonds. The third kappa shape index (κ3) is 13.9. The van der Waals surface area contributed by atoms with Crippen molar-refractivity contribution in [1.29, 1.82) is 0 Å². The Bertz CT molecular complexity index is 7070. The molecule has 13 aromatic carbocycles. The highest BCUT2D eigenvalue weighted by atomic mass is 15.2. The number of anilines is 6. The van der Waals surface area contributed by atoms with E-state index in [1.165, 1.54) is 9.13 Å². The number of aromatic nitrogens is 2. The van der Waals surface area contributed by atoms with Crippen molar-refractivity contribution >= 4 is 101 Å². The van der Waals surface area contributed by atoms with Crippen LogP contribution >= 0.6 is 0 Å². The molecule has 0 N–H and O–H groups in total. The van der Waals surface area contributed by atoms with Crippen LogP contribution in [0.25, 0.3) is 99.5 Å². The van der Waals surface area contributed by atoms with Gasteiger partial charge in [-0.15, -0.1) is 0 Å². The molecule has 2 aromatic heterocycles. The van der Waals surface area contributed by atoms with Crippen molar-refractivity contribution in [3.05, 3.63) is 305 Å². The van der Waals surface area contributed by atoms with Crippen LogP contribution in [0, 0.1) is 16.2 Å². The summed E-state index contributed by atoms with van der Waals surface area (Å²) < 4.78 is 222. The normalized spacial score (nSPS) is 16.7. The van der Waals surface area contributed by atoms with Crippen molar-refractivity contribution in [3.63, 3.8) is 0 Å². The first-order valence-corrected chi connectivity index (χ1v) is 39.8. The maximum atomic E-state index is 11.1. The van der Waals surface area contributed by atoms with Gasteiger partial charge in [0.15, 0.2) is 0 Å². The Hall–Kier alpha value is -10.9.